The number of hydrogen-bond donors (Lipinski definition) is 1. The number of fused-ring (bicyclic) bond motifs is 1. The van der Waals surface area contributed by atoms with E-state index in [0.717, 1.165) is 12.0 Å². The van der Waals surface area contributed by atoms with Crippen molar-refractivity contribution in [3.63, 3.8) is 0 Å². The molecule has 3 rings (SSSR count). The Labute approximate surface area is 173 Å². The van der Waals surface area contributed by atoms with Crippen molar-refractivity contribution < 1.29 is 33.3 Å². The van der Waals surface area contributed by atoms with E-state index in [1.165, 1.54) is 6.08 Å². The molecule has 0 aliphatic carbocycles. The average Bonchev–Trinajstić information content (AvgIpc) is 3.23. The first kappa shape index (κ1) is 20.9. The van der Waals surface area contributed by atoms with Gasteiger partial charge in [-0.25, -0.2) is 9.59 Å². The summed E-state index contributed by atoms with van der Waals surface area (Å²) >= 11 is 0. The Morgan fingerprint density at radius 3 is 2.57 bits per heavy atom. The van der Waals surface area contributed by atoms with Gasteiger partial charge in [-0.3, -0.25) is 4.79 Å². The summed E-state index contributed by atoms with van der Waals surface area (Å²) in [6, 6.07) is 11.5. The predicted octanol–water partition coefficient (Wildman–Crippen LogP) is 3.18. The van der Waals surface area contributed by atoms with Gasteiger partial charge in [0.25, 0.3) is 5.91 Å². The van der Waals surface area contributed by atoms with E-state index in [9.17, 15) is 14.4 Å². The number of rotatable bonds is 8. The van der Waals surface area contributed by atoms with E-state index in [0.29, 0.717) is 29.4 Å². The highest BCUT2D eigenvalue weighted by molar-refractivity contribution is 5.95. The summed E-state index contributed by atoms with van der Waals surface area (Å²) in [5.41, 5.74) is 1.60. The molecule has 0 radical (unpaired) electrons. The number of amides is 1. The van der Waals surface area contributed by atoms with Gasteiger partial charge in [0.15, 0.2) is 18.1 Å². The van der Waals surface area contributed by atoms with Gasteiger partial charge in [0.05, 0.1) is 12.2 Å². The fourth-order valence-corrected chi connectivity index (χ4v) is 2.53. The lowest BCUT2D eigenvalue weighted by Gasteiger charge is -2.07. The first-order chi connectivity index (χ1) is 14.5. The van der Waals surface area contributed by atoms with Crippen LogP contribution in [0.15, 0.2) is 48.5 Å². The second-order valence-corrected chi connectivity index (χ2v) is 6.32. The lowest BCUT2D eigenvalue weighted by atomic mass is 10.2. The van der Waals surface area contributed by atoms with Gasteiger partial charge >= 0.3 is 11.9 Å². The van der Waals surface area contributed by atoms with Crippen molar-refractivity contribution in [2.75, 3.05) is 25.3 Å². The van der Waals surface area contributed by atoms with E-state index in [1.54, 1.807) is 48.5 Å². The molecule has 1 amide bonds. The summed E-state index contributed by atoms with van der Waals surface area (Å²) in [7, 11) is 0. The van der Waals surface area contributed by atoms with Crippen molar-refractivity contribution >= 4 is 29.6 Å². The lowest BCUT2D eigenvalue weighted by Crippen LogP contribution is -2.20. The molecule has 1 heterocycles. The van der Waals surface area contributed by atoms with Gasteiger partial charge in [-0.15, -0.1) is 0 Å². The van der Waals surface area contributed by atoms with Crippen molar-refractivity contribution in [3.05, 3.63) is 59.7 Å². The molecule has 0 fully saturated rings. The van der Waals surface area contributed by atoms with E-state index in [-0.39, 0.29) is 6.79 Å². The van der Waals surface area contributed by atoms with Gasteiger partial charge in [0.2, 0.25) is 6.79 Å². The lowest BCUT2D eigenvalue weighted by molar-refractivity contribution is -0.142. The Morgan fingerprint density at radius 1 is 1.03 bits per heavy atom. The van der Waals surface area contributed by atoms with Gasteiger partial charge < -0.3 is 24.3 Å². The molecule has 8 heteroatoms. The van der Waals surface area contributed by atoms with Crippen LogP contribution in [-0.4, -0.2) is 37.9 Å². The molecule has 30 heavy (non-hydrogen) atoms. The molecule has 0 unspecified atom stereocenters. The fraction of sp³-hybridized carbons (Fsp3) is 0.227. The third-order valence-corrected chi connectivity index (χ3v) is 4.00. The number of carbonyl (C=O) groups excluding carboxylic acids is 3. The van der Waals surface area contributed by atoms with Crippen LogP contribution in [-0.2, 0) is 19.1 Å². The van der Waals surface area contributed by atoms with Crippen LogP contribution in [0.3, 0.4) is 0 Å². The number of esters is 2. The van der Waals surface area contributed by atoms with Gasteiger partial charge in [-0.1, -0.05) is 13.0 Å². The normalized spacial score (nSPS) is 11.9. The van der Waals surface area contributed by atoms with Crippen LogP contribution in [0.4, 0.5) is 5.69 Å². The van der Waals surface area contributed by atoms with E-state index >= 15 is 0 Å². The number of nitrogens with one attached hydrogen (secondary N) is 1. The second kappa shape index (κ2) is 10.1. The highest BCUT2D eigenvalue weighted by atomic mass is 16.7. The Balaban J connectivity index is 1.43. The first-order valence-corrected chi connectivity index (χ1v) is 9.36. The number of carbonyl (C=O) groups is 3. The molecule has 1 aliphatic heterocycles. The summed E-state index contributed by atoms with van der Waals surface area (Å²) in [5.74, 6) is -0.317. The maximum absolute atomic E-state index is 11.9. The van der Waals surface area contributed by atoms with Crippen molar-refractivity contribution in [1.29, 1.82) is 0 Å². The summed E-state index contributed by atoms with van der Waals surface area (Å²) in [6.45, 7) is 1.99. The van der Waals surface area contributed by atoms with Crippen molar-refractivity contribution in [2.45, 2.75) is 13.3 Å². The number of benzene rings is 2. The van der Waals surface area contributed by atoms with E-state index in [4.69, 9.17) is 18.9 Å². The van der Waals surface area contributed by atoms with E-state index in [1.807, 2.05) is 6.92 Å². The first-order valence-electron chi connectivity index (χ1n) is 9.36. The molecule has 0 atom stereocenters. The topological polar surface area (TPSA) is 100 Å². The zero-order chi connectivity index (χ0) is 21.3. The zero-order valence-electron chi connectivity index (χ0n) is 16.4. The van der Waals surface area contributed by atoms with Crippen LogP contribution < -0.4 is 14.8 Å². The quantitative estimate of drug-likeness (QED) is 0.526. The number of ether oxygens (including phenoxy) is 4. The zero-order valence-corrected chi connectivity index (χ0v) is 16.4. The van der Waals surface area contributed by atoms with Crippen LogP contribution in [0, 0.1) is 0 Å². The molecule has 1 aliphatic rings. The molecule has 0 spiro atoms. The summed E-state index contributed by atoms with van der Waals surface area (Å²) in [6.07, 6.45) is 3.52. The monoisotopic (exact) mass is 411 g/mol. The molecular weight excluding hydrogens is 390 g/mol. The second-order valence-electron chi connectivity index (χ2n) is 6.32. The van der Waals surface area contributed by atoms with Crippen LogP contribution in [0.2, 0.25) is 0 Å². The predicted molar refractivity (Wildman–Crippen MR) is 108 cm³/mol. The van der Waals surface area contributed by atoms with Crippen LogP contribution in [0.1, 0.15) is 29.3 Å². The number of hydrogen-bond acceptors (Lipinski definition) is 7. The van der Waals surface area contributed by atoms with E-state index < -0.39 is 24.5 Å². The minimum atomic E-state index is -0.656. The summed E-state index contributed by atoms with van der Waals surface area (Å²) in [4.78, 5) is 35.5. The van der Waals surface area contributed by atoms with Gasteiger partial charge in [0, 0.05) is 11.8 Å². The van der Waals surface area contributed by atoms with Gasteiger partial charge in [-0.05, 0) is 54.5 Å². The van der Waals surface area contributed by atoms with Crippen molar-refractivity contribution in [1.82, 2.24) is 0 Å². The molecule has 0 saturated carbocycles. The van der Waals surface area contributed by atoms with E-state index in [2.05, 4.69) is 5.32 Å². The SMILES string of the molecule is CCCOC(=O)c1ccc(NC(=O)COC(=O)/C=C/c2ccc3c(c2)OCO3)cc1. The van der Waals surface area contributed by atoms with Crippen molar-refractivity contribution in [2.24, 2.45) is 0 Å². The Kier molecular flexibility index (Phi) is 7.05. The van der Waals surface area contributed by atoms with Crippen LogP contribution >= 0.6 is 0 Å². The minimum Gasteiger partial charge on any atom is -0.462 e. The molecule has 0 aromatic heterocycles. The molecule has 156 valence electrons. The van der Waals surface area contributed by atoms with Crippen LogP contribution in [0.5, 0.6) is 11.5 Å². The maximum atomic E-state index is 11.9. The van der Waals surface area contributed by atoms with Crippen molar-refractivity contribution in [3.8, 4) is 11.5 Å². The highest BCUT2D eigenvalue weighted by Gasteiger charge is 2.13. The average molecular weight is 411 g/mol. The molecule has 8 nitrogen and oxygen atoms in total. The maximum Gasteiger partial charge on any atom is 0.338 e. The Morgan fingerprint density at radius 2 is 1.80 bits per heavy atom. The smallest absolute Gasteiger partial charge is 0.338 e. The highest BCUT2D eigenvalue weighted by Crippen LogP contribution is 2.32. The van der Waals surface area contributed by atoms with Gasteiger partial charge in [-0.2, -0.15) is 0 Å². The summed E-state index contributed by atoms with van der Waals surface area (Å²) in [5, 5.41) is 2.59. The molecule has 2 aromatic rings. The van der Waals surface area contributed by atoms with Crippen LogP contribution in [0.25, 0.3) is 6.08 Å². The summed E-state index contributed by atoms with van der Waals surface area (Å²) < 4.78 is 20.5. The minimum absolute atomic E-state index is 0.172. The molecule has 1 N–H and O–H groups in total. The molecular formula is C22H21NO7. The number of anilines is 1. The third kappa shape index (κ3) is 5.84. The third-order valence-electron chi connectivity index (χ3n) is 4.00. The molecule has 0 bridgehead atoms. The molecule has 0 saturated heterocycles. The Bertz CT molecular complexity index is 950. The standard InChI is InChI=1S/C22H21NO7/c1-2-11-27-22(26)16-5-7-17(8-6-16)23-20(24)13-28-21(25)10-4-15-3-9-18-19(12-15)30-14-29-18/h3-10,12H,2,11,13-14H2,1H3,(H,23,24)/b10-4+. The fourth-order valence-electron chi connectivity index (χ4n) is 2.53. The van der Waals surface area contributed by atoms with Gasteiger partial charge in [0.1, 0.15) is 0 Å². The largest absolute Gasteiger partial charge is 0.462 e. The Hall–Kier alpha value is -3.81. The molecule has 2 aromatic carbocycles.